The second-order valence-corrected chi connectivity index (χ2v) is 3.85. The van der Waals surface area contributed by atoms with Gasteiger partial charge in [-0.2, -0.15) is 0 Å². The Morgan fingerprint density at radius 3 is 2.92 bits per heavy atom. The van der Waals surface area contributed by atoms with Crippen LogP contribution in [-0.4, -0.2) is 20.0 Å². The Hall–Kier alpha value is -0.980. The molecule has 1 N–H and O–H groups in total. The third-order valence-electron chi connectivity index (χ3n) is 1.26. The van der Waals surface area contributed by atoms with E-state index in [-0.39, 0.29) is 11.5 Å². The largest absolute Gasteiger partial charge is 0.287 e. The molecule has 72 valence electrons. The van der Waals surface area contributed by atoms with Crippen molar-refractivity contribution in [2.75, 3.05) is 6.61 Å². The fourth-order valence-electron chi connectivity index (χ4n) is 0.691. The van der Waals surface area contributed by atoms with Crippen LogP contribution >= 0.6 is 0 Å². The van der Waals surface area contributed by atoms with Gasteiger partial charge in [-0.3, -0.25) is 9.82 Å². The second-order valence-electron chi connectivity index (χ2n) is 2.21. The highest BCUT2D eigenvalue weighted by Crippen LogP contribution is 2.04. The van der Waals surface area contributed by atoms with Gasteiger partial charge in [-0.15, -0.1) is 0 Å². The molecular weight excluding hydrogens is 192 g/mol. The third-order valence-corrected chi connectivity index (χ3v) is 2.46. The topological polar surface area (TPSA) is 68.3 Å². The molecule has 0 saturated carbocycles. The molecule has 0 fully saturated rings. The van der Waals surface area contributed by atoms with Gasteiger partial charge in [0.1, 0.15) is 4.90 Å². The van der Waals surface area contributed by atoms with Gasteiger partial charge in [0.25, 0.3) is 10.0 Å². The van der Waals surface area contributed by atoms with Crippen molar-refractivity contribution >= 4 is 10.0 Å². The molecule has 0 radical (unpaired) electrons. The summed E-state index contributed by atoms with van der Waals surface area (Å²) in [5, 5.41) is 0. The minimum absolute atomic E-state index is 0.0865. The van der Waals surface area contributed by atoms with E-state index in [1.165, 1.54) is 18.5 Å². The standard InChI is InChI=1S/C7H10N2O3S/c1-2-12-9-13(10,11)7-4-3-5-8-6-7/h3-6,9H,2H2,1H3. The Morgan fingerprint density at radius 1 is 1.62 bits per heavy atom. The normalized spacial score (nSPS) is 11.5. The molecular formula is C7H10N2O3S. The maximum Gasteiger partial charge on any atom is 0.264 e. The minimum atomic E-state index is -3.56. The summed E-state index contributed by atoms with van der Waals surface area (Å²) in [4.78, 5) is 10.3. The maximum absolute atomic E-state index is 11.3. The molecule has 0 amide bonds. The van der Waals surface area contributed by atoms with Crippen LogP contribution in [0.5, 0.6) is 0 Å². The van der Waals surface area contributed by atoms with Crippen molar-refractivity contribution in [1.29, 1.82) is 0 Å². The Bertz CT molecular complexity index is 349. The van der Waals surface area contributed by atoms with E-state index in [2.05, 4.69) is 9.82 Å². The van der Waals surface area contributed by atoms with Gasteiger partial charge in [-0.05, 0) is 19.1 Å². The van der Waals surface area contributed by atoms with Crippen LogP contribution in [0.25, 0.3) is 0 Å². The highest BCUT2D eigenvalue weighted by Gasteiger charge is 2.12. The Labute approximate surface area is 76.8 Å². The van der Waals surface area contributed by atoms with Crippen LogP contribution in [-0.2, 0) is 14.9 Å². The van der Waals surface area contributed by atoms with Gasteiger partial charge in [0.15, 0.2) is 0 Å². The minimum Gasteiger partial charge on any atom is -0.287 e. The van der Waals surface area contributed by atoms with Crippen LogP contribution in [0.2, 0.25) is 0 Å². The van der Waals surface area contributed by atoms with E-state index in [0.717, 1.165) is 0 Å². The van der Waals surface area contributed by atoms with Crippen LogP contribution in [0.1, 0.15) is 6.92 Å². The summed E-state index contributed by atoms with van der Waals surface area (Å²) in [7, 11) is -3.56. The fraction of sp³-hybridized carbons (Fsp3) is 0.286. The highest BCUT2D eigenvalue weighted by atomic mass is 32.2. The lowest BCUT2D eigenvalue weighted by Crippen LogP contribution is -2.23. The zero-order chi connectivity index (χ0) is 9.73. The van der Waals surface area contributed by atoms with Crippen molar-refractivity contribution in [2.45, 2.75) is 11.8 Å². The number of sulfonamides is 1. The van der Waals surface area contributed by atoms with E-state index >= 15 is 0 Å². The van der Waals surface area contributed by atoms with Crippen molar-refractivity contribution in [2.24, 2.45) is 0 Å². The summed E-state index contributed by atoms with van der Waals surface area (Å²) in [6.07, 6.45) is 2.75. The van der Waals surface area contributed by atoms with E-state index in [0.29, 0.717) is 0 Å². The van der Waals surface area contributed by atoms with Gasteiger partial charge in [-0.25, -0.2) is 8.42 Å². The summed E-state index contributed by atoms with van der Waals surface area (Å²) >= 11 is 0. The van der Waals surface area contributed by atoms with Gasteiger partial charge in [0, 0.05) is 12.4 Å². The van der Waals surface area contributed by atoms with Crippen molar-refractivity contribution in [1.82, 2.24) is 9.87 Å². The lowest BCUT2D eigenvalue weighted by Gasteiger charge is -2.03. The van der Waals surface area contributed by atoms with Gasteiger partial charge in [-0.1, -0.05) is 4.89 Å². The summed E-state index contributed by atoms with van der Waals surface area (Å²) in [5.41, 5.74) is 0. The quantitative estimate of drug-likeness (QED) is 0.713. The predicted molar refractivity (Wildman–Crippen MR) is 46.2 cm³/mol. The highest BCUT2D eigenvalue weighted by molar-refractivity contribution is 7.89. The molecule has 1 aromatic rings. The first-order chi connectivity index (χ1) is 6.17. The monoisotopic (exact) mass is 202 g/mol. The molecule has 1 heterocycles. The number of aromatic nitrogens is 1. The first-order valence-corrected chi connectivity index (χ1v) is 5.19. The van der Waals surface area contributed by atoms with Crippen molar-refractivity contribution < 1.29 is 13.3 Å². The average molecular weight is 202 g/mol. The van der Waals surface area contributed by atoms with Crippen LogP contribution in [0.3, 0.4) is 0 Å². The summed E-state index contributed by atoms with van der Waals surface area (Å²) < 4.78 is 22.6. The van der Waals surface area contributed by atoms with Crippen molar-refractivity contribution in [3.63, 3.8) is 0 Å². The van der Waals surface area contributed by atoms with Crippen molar-refractivity contribution in [3.8, 4) is 0 Å². The Morgan fingerprint density at radius 2 is 2.38 bits per heavy atom. The SMILES string of the molecule is CCONS(=O)(=O)c1cccnc1. The number of rotatable bonds is 4. The first kappa shape index (κ1) is 10.1. The number of pyridine rings is 1. The molecule has 0 spiro atoms. The van der Waals surface area contributed by atoms with Crippen LogP contribution in [0.15, 0.2) is 29.4 Å². The first-order valence-electron chi connectivity index (χ1n) is 3.70. The Kier molecular flexibility index (Phi) is 3.35. The second kappa shape index (κ2) is 4.31. The third kappa shape index (κ3) is 2.76. The number of nitrogens with zero attached hydrogens (tertiary/aromatic N) is 1. The molecule has 0 unspecified atom stereocenters. The molecule has 5 nitrogen and oxygen atoms in total. The van der Waals surface area contributed by atoms with E-state index in [1.807, 2.05) is 4.89 Å². The lowest BCUT2D eigenvalue weighted by atomic mass is 10.5. The van der Waals surface area contributed by atoms with E-state index in [1.54, 1.807) is 13.0 Å². The smallest absolute Gasteiger partial charge is 0.264 e. The molecule has 0 atom stereocenters. The van der Waals surface area contributed by atoms with E-state index in [9.17, 15) is 8.42 Å². The summed E-state index contributed by atoms with van der Waals surface area (Å²) in [6, 6.07) is 2.98. The van der Waals surface area contributed by atoms with E-state index in [4.69, 9.17) is 0 Å². The summed E-state index contributed by atoms with van der Waals surface area (Å²) in [6.45, 7) is 1.96. The van der Waals surface area contributed by atoms with Crippen molar-refractivity contribution in [3.05, 3.63) is 24.5 Å². The van der Waals surface area contributed by atoms with Gasteiger partial charge in [0.05, 0.1) is 6.61 Å². The van der Waals surface area contributed by atoms with Gasteiger partial charge in [0.2, 0.25) is 0 Å². The number of hydrogen-bond acceptors (Lipinski definition) is 4. The lowest BCUT2D eigenvalue weighted by molar-refractivity contribution is 0.105. The Balaban J connectivity index is 2.83. The molecule has 1 aromatic heterocycles. The molecule has 6 heteroatoms. The molecule has 0 aliphatic carbocycles. The number of nitrogens with one attached hydrogen (secondary N) is 1. The zero-order valence-electron chi connectivity index (χ0n) is 7.10. The maximum atomic E-state index is 11.3. The van der Waals surface area contributed by atoms with Gasteiger partial charge >= 0.3 is 0 Å². The fourth-order valence-corrected chi connectivity index (χ4v) is 1.52. The molecule has 0 bridgehead atoms. The van der Waals surface area contributed by atoms with Gasteiger partial charge < -0.3 is 0 Å². The zero-order valence-corrected chi connectivity index (χ0v) is 7.91. The molecule has 0 saturated heterocycles. The molecule has 0 aliphatic heterocycles. The molecule has 13 heavy (non-hydrogen) atoms. The predicted octanol–water partition coefficient (Wildman–Crippen LogP) is 0.311. The average Bonchev–Trinajstić information content (AvgIpc) is 2.16. The molecule has 0 aliphatic rings. The summed E-state index contributed by atoms with van der Waals surface area (Å²) in [5.74, 6) is 0. The molecule has 0 aromatic carbocycles. The number of hydrogen-bond donors (Lipinski definition) is 1. The van der Waals surface area contributed by atoms with Crippen LogP contribution < -0.4 is 4.89 Å². The van der Waals surface area contributed by atoms with Crippen LogP contribution in [0.4, 0.5) is 0 Å². The van der Waals surface area contributed by atoms with Crippen LogP contribution in [0, 0.1) is 0 Å². The molecule has 1 rings (SSSR count). The van der Waals surface area contributed by atoms with E-state index < -0.39 is 10.0 Å².